The van der Waals surface area contributed by atoms with Crippen molar-refractivity contribution in [3.8, 4) is 0 Å². The molecule has 0 fully saturated rings. The Hall–Kier alpha value is -1.91. The third kappa shape index (κ3) is 5.37. The van der Waals surface area contributed by atoms with Crippen LogP contribution in [0.5, 0.6) is 0 Å². The second-order valence-electron chi connectivity index (χ2n) is 2.27. The minimum atomic E-state index is -0.935. The van der Waals surface area contributed by atoms with E-state index in [2.05, 4.69) is 6.58 Å². The van der Waals surface area contributed by atoms with Gasteiger partial charge in [-0.05, 0) is 6.92 Å². The maximum Gasteiger partial charge on any atom is 0.330 e. The summed E-state index contributed by atoms with van der Waals surface area (Å²) in [7, 11) is 0. The van der Waals surface area contributed by atoms with E-state index in [1.165, 1.54) is 19.1 Å². The van der Waals surface area contributed by atoms with E-state index in [1.54, 1.807) is 0 Å². The van der Waals surface area contributed by atoms with Crippen LogP contribution < -0.4 is 5.32 Å². The van der Waals surface area contributed by atoms with Crippen LogP contribution in [0.3, 0.4) is 0 Å². The standard InChI is InChI=1S/C4H3NO2.C4H6O2/c6-3-1-2-4(7)5-3;1-3(2)4(5)6/h1-2H,(H,5,6,7);1H2,2H3,(H,5,6). The molecule has 0 saturated heterocycles. The van der Waals surface area contributed by atoms with Gasteiger partial charge in [0.05, 0.1) is 0 Å². The first-order chi connectivity index (χ1) is 5.93. The number of carbonyl (C=O) groups is 3. The maximum absolute atomic E-state index is 10.0. The Morgan fingerprint density at radius 3 is 1.77 bits per heavy atom. The number of rotatable bonds is 1. The molecule has 0 bridgehead atoms. The molecule has 0 aromatic rings. The third-order valence-corrected chi connectivity index (χ3v) is 0.998. The van der Waals surface area contributed by atoms with E-state index in [0.29, 0.717) is 0 Å². The van der Waals surface area contributed by atoms with Crippen LogP contribution in [-0.4, -0.2) is 22.9 Å². The number of carbonyl (C=O) groups excluding carboxylic acids is 2. The highest BCUT2D eigenvalue weighted by Crippen LogP contribution is 1.82. The molecule has 1 heterocycles. The van der Waals surface area contributed by atoms with E-state index in [4.69, 9.17) is 5.11 Å². The molecule has 70 valence electrons. The Balaban J connectivity index is 0.000000226. The molecule has 0 radical (unpaired) electrons. The molecule has 0 aliphatic carbocycles. The second kappa shape index (κ2) is 4.87. The zero-order valence-corrected chi connectivity index (χ0v) is 7.03. The number of hydrogen-bond acceptors (Lipinski definition) is 3. The molecule has 5 nitrogen and oxygen atoms in total. The maximum atomic E-state index is 10.0. The predicted molar refractivity (Wildman–Crippen MR) is 44.7 cm³/mol. The van der Waals surface area contributed by atoms with Crippen molar-refractivity contribution in [2.45, 2.75) is 6.92 Å². The number of imide groups is 1. The van der Waals surface area contributed by atoms with Crippen molar-refractivity contribution in [1.29, 1.82) is 0 Å². The van der Waals surface area contributed by atoms with E-state index in [-0.39, 0.29) is 17.4 Å². The normalized spacial score (nSPS) is 13.0. The Morgan fingerprint density at radius 1 is 1.38 bits per heavy atom. The summed E-state index contributed by atoms with van der Waals surface area (Å²) in [5, 5.41) is 9.92. The summed E-state index contributed by atoms with van der Waals surface area (Å²) < 4.78 is 0. The Kier molecular flexibility index (Phi) is 4.15. The second-order valence-corrected chi connectivity index (χ2v) is 2.27. The lowest BCUT2D eigenvalue weighted by Gasteiger charge is -1.80. The average molecular weight is 183 g/mol. The lowest BCUT2D eigenvalue weighted by Crippen LogP contribution is -2.19. The molecular weight excluding hydrogens is 174 g/mol. The first-order valence-corrected chi connectivity index (χ1v) is 3.35. The summed E-state index contributed by atoms with van der Waals surface area (Å²) in [5.74, 6) is -1.59. The molecule has 2 N–H and O–H groups in total. The van der Waals surface area contributed by atoms with Gasteiger partial charge in [-0.25, -0.2) is 4.79 Å². The fourth-order valence-electron chi connectivity index (χ4n) is 0.356. The van der Waals surface area contributed by atoms with Gasteiger partial charge >= 0.3 is 5.97 Å². The average Bonchev–Trinajstić information content (AvgIpc) is 2.35. The van der Waals surface area contributed by atoms with Gasteiger partial charge in [-0.2, -0.15) is 0 Å². The molecule has 5 heteroatoms. The quantitative estimate of drug-likeness (QED) is 0.437. The Morgan fingerprint density at radius 2 is 1.69 bits per heavy atom. The van der Waals surface area contributed by atoms with Crippen molar-refractivity contribution in [2.75, 3.05) is 0 Å². The van der Waals surface area contributed by atoms with Crippen molar-refractivity contribution in [1.82, 2.24) is 5.32 Å². The molecule has 0 saturated carbocycles. The predicted octanol–water partition coefficient (Wildman–Crippen LogP) is -0.154. The summed E-state index contributed by atoms with van der Waals surface area (Å²) in [6, 6.07) is 0. The van der Waals surface area contributed by atoms with E-state index >= 15 is 0 Å². The van der Waals surface area contributed by atoms with Crippen LogP contribution in [0.1, 0.15) is 6.92 Å². The largest absolute Gasteiger partial charge is 0.478 e. The lowest BCUT2D eigenvalue weighted by atomic mass is 10.4. The first-order valence-electron chi connectivity index (χ1n) is 3.35. The molecule has 0 atom stereocenters. The minimum Gasteiger partial charge on any atom is -0.478 e. The van der Waals surface area contributed by atoms with E-state index < -0.39 is 5.97 Å². The fraction of sp³-hybridized carbons (Fsp3) is 0.125. The summed E-state index contributed by atoms with van der Waals surface area (Å²) >= 11 is 0. The number of hydrogen-bond donors (Lipinski definition) is 2. The van der Waals surface area contributed by atoms with Crippen LogP contribution in [-0.2, 0) is 14.4 Å². The van der Waals surface area contributed by atoms with Gasteiger partial charge in [0.25, 0.3) is 11.8 Å². The van der Waals surface area contributed by atoms with Crippen LogP contribution in [0, 0.1) is 0 Å². The molecule has 2 amide bonds. The number of nitrogens with one attached hydrogen (secondary N) is 1. The highest BCUT2D eigenvalue weighted by molar-refractivity contribution is 6.12. The van der Waals surface area contributed by atoms with E-state index in [9.17, 15) is 14.4 Å². The van der Waals surface area contributed by atoms with Crippen molar-refractivity contribution in [3.05, 3.63) is 24.3 Å². The highest BCUT2D eigenvalue weighted by Gasteiger charge is 2.06. The minimum absolute atomic E-state index is 0.176. The lowest BCUT2D eigenvalue weighted by molar-refractivity contribution is -0.132. The Labute approximate surface area is 74.7 Å². The van der Waals surface area contributed by atoms with Crippen LogP contribution in [0.4, 0.5) is 0 Å². The van der Waals surface area contributed by atoms with Gasteiger partial charge in [0.1, 0.15) is 0 Å². The van der Waals surface area contributed by atoms with Gasteiger partial charge < -0.3 is 5.11 Å². The number of aliphatic carboxylic acids is 1. The van der Waals surface area contributed by atoms with Gasteiger partial charge in [0.15, 0.2) is 0 Å². The van der Waals surface area contributed by atoms with Crippen molar-refractivity contribution in [2.24, 2.45) is 0 Å². The van der Waals surface area contributed by atoms with Crippen LogP contribution in [0.2, 0.25) is 0 Å². The van der Waals surface area contributed by atoms with Gasteiger partial charge in [0, 0.05) is 17.7 Å². The van der Waals surface area contributed by atoms with Gasteiger partial charge in [-0.15, -0.1) is 0 Å². The number of carboxylic acid groups (broad SMARTS) is 1. The highest BCUT2D eigenvalue weighted by atomic mass is 16.4. The molecule has 13 heavy (non-hydrogen) atoms. The van der Waals surface area contributed by atoms with Crippen LogP contribution in [0.25, 0.3) is 0 Å². The zero-order valence-electron chi connectivity index (χ0n) is 7.03. The number of carboxylic acids is 1. The molecule has 0 unspecified atom stereocenters. The van der Waals surface area contributed by atoms with Crippen LogP contribution >= 0.6 is 0 Å². The molecule has 1 rings (SSSR count). The van der Waals surface area contributed by atoms with Gasteiger partial charge in [0.2, 0.25) is 0 Å². The smallest absolute Gasteiger partial charge is 0.330 e. The monoisotopic (exact) mass is 183 g/mol. The molecule has 0 spiro atoms. The van der Waals surface area contributed by atoms with Crippen molar-refractivity contribution < 1.29 is 19.5 Å². The summed E-state index contributed by atoms with van der Waals surface area (Å²) in [4.78, 5) is 29.7. The molecule has 1 aliphatic heterocycles. The SMILES string of the molecule is C=C(C)C(=O)O.O=C1C=CC(=O)N1. The van der Waals surface area contributed by atoms with Gasteiger partial charge in [-0.1, -0.05) is 6.58 Å². The number of amides is 2. The fourth-order valence-corrected chi connectivity index (χ4v) is 0.356. The molecule has 0 aromatic carbocycles. The van der Waals surface area contributed by atoms with E-state index in [0.717, 1.165) is 0 Å². The van der Waals surface area contributed by atoms with Crippen molar-refractivity contribution >= 4 is 17.8 Å². The summed E-state index contributed by atoms with van der Waals surface area (Å²) in [6.07, 6.45) is 2.39. The Bertz CT molecular complexity index is 263. The third-order valence-electron chi connectivity index (χ3n) is 0.998. The summed E-state index contributed by atoms with van der Waals surface area (Å²) in [6.45, 7) is 4.60. The topological polar surface area (TPSA) is 83.5 Å². The first kappa shape index (κ1) is 11.1. The molecule has 0 aromatic heterocycles. The van der Waals surface area contributed by atoms with E-state index in [1.807, 2.05) is 5.32 Å². The van der Waals surface area contributed by atoms with Crippen LogP contribution in [0.15, 0.2) is 24.3 Å². The van der Waals surface area contributed by atoms with Crippen molar-refractivity contribution in [3.63, 3.8) is 0 Å². The molecule has 1 aliphatic rings. The summed E-state index contributed by atoms with van der Waals surface area (Å²) in [5.41, 5.74) is 0.176. The zero-order chi connectivity index (χ0) is 10.4. The van der Waals surface area contributed by atoms with Gasteiger partial charge in [-0.3, -0.25) is 14.9 Å². The molecular formula is C8H9NO4.